The summed E-state index contributed by atoms with van der Waals surface area (Å²) in [7, 11) is 4.52. The number of nitrogen functional groups attached to an aromatic ring is 1. The van der Waals surface area contributed by atoms with Crippen LogP contribution in [0.5, 0.6) is 17.2 Å². The molecule has 1 aromatic heterocycles. The largest absolute Gasteiger partial charge is 0.493 e. The lowest BCUT2D eigenvalue weighted by Crippen LogP contribution is -2.13. The number of anilines is 1. The minimum Gasteiger partial charge on any atom is -0.493 e. The van der Waals surface area contributed by atoms with E-state index < -0.39 is 5.97 Å². The zero-order valence-corrected chi connectivity index (χ0v) is 14.9. The van der Waals surface area contributed by atoms with Gasteiger partial charge in [-0.2, -0.15) is 0 Å². The maximum absolute atomic E-state index is 12.4. The second-order valence-electron chi connectivity index (χ2n) is 5.03. The molecule has 0 aliphatic carbocycles. The summed E-state index contributed by atoms with van der Waals surface area (Å²) in [6.07, 6.45) is 0. The zero-order chi connectivity index (χ0) is 18.6. The molecule has 0 amide bonds. The van der Waals surface area contributed by atoms with E-state index >= 15 is 0 Å². The topological polar surface area (TPSA) is 106 Å². The lowest BCUT2D eigenvalue weighted by atomic mass is 10.0. The molecule has 0 aliphatic heterocycles. The first-order valence-electron chi connectivity index (χ1n) is 7.58. The standard InChI is InChI=1S/C17H21N3O5/c1-6-25-16(21)13-9(2)19-17(18)20-14(13)10-7-11(22-3)15(24-5)12(8-10)23-4/h7-8H,6H2,1-5H3,(H2,18,19,20). The number of carbonyl (C=O) groups excluding carboxylic acids is 1. The number of rotatable bonds is 6. The Bertz CT molecular complexity index is 767. The predicted octanol–water partition coefficient (Wildman–Crippen LogP) is 2.24. The summed E-state index contributed by atoms with van der Waals surface area (Å²) in [5.41, 5.74) is 7.34. The van der Waals surface area contributed by atoms with Crippen LogP contribution in [-0.4, -0.2) is 43.9 Å². The van der Waals surface area contributed by atoms with Gasteiger partial charge in [0.25, 0.3) is 0 Å². The first kappa shape index (κ1) is 18.3. The fraction of sp³-hybridized carbons (Fsp3) is 0.353. The smallest absolute Gasteiger partial charge is 0.342 e. The molecule has 0 unspecified atom stereocenters. The summed E-state index contributed by atoms with van der Waals surface area (Å²) in [6, 6.07) is 3.37. The van der Waals surface area contributed by atoms with E-state index in [1.54, 1.807) is 26.0 Å². The molecule has 25 heavy (non-hydrogen) atoms. The second-order valence-corrected chi connectivity index (χ2v) is 5.03. The third-order valence-electron chi connectivity index (χ3n) is 3.52. The maximum atomic E-state index is 12.4. The number of benzene rings is 1. The van der Waals surface area contributed by atoms with Crippen molar-refractivity contribution in [3.8, 4) is 28.5 Å². The third-order valence-corrected chi connectivity index (χ3v) is 3.52. The van der Waals surface area contributed by atoms with Crippen LogP contribution in [0.3, 0.4) is 0 Å². The Hall–Kier alpha value is -3.03. The van der Waals surface area contributed by atoms with Crippen LogP contribution in [0.15, 0.2) is 12.1 Å². The number of aromatic nitrogens is 2. The van der Waals surface area contributed by atoms with Crippen LogP contribution in [0, 0.1) is 6.92 Å². The molecule has 134 valence electrons. The normalized spacial score (nSPS) is 10.3. The van der Waals surface area contributed by atoms with E-state index in [-0.39, 0.29) is 18.1 Å². The highest BCUT2D eigenvalue weighted by molar-refractivity contribution is 5.97. The minimum absolute atomic E-state index is 0.0503. The molecular weight excluding hydrogens is 326 g/mol. The lowest BCUT2D eigenvalue weighted by molar-refractivity contribution is 0.0525. The Morgan fingerprint density at radius 2 is 1.68 bits per heavy atom. The summed E-state index contributed by atoms with van der Waals surface area (Å²) < 4.78 is 21.1. The molecule has 2 aromatic rings. The van der Waals surface area contributed by atoms with E-state index in [1.165, 1.54) is 21.3 Å². The number of aryl methyl sites for hydroxylation is 1. The minimum atomic E-state index is -0.524. The van der Waals surface area contributed by atoms with Crippen molar-refractivity contribution in [2.45, 2.75) is 13.8 Å². The van der Waals surface area contributed by atoms with E-state index in [2.05, 4.69) is 9.97 Å². The molecule has 1 heterocycles. The maximum Gasteiger partial charge on any atom is 0.342 e. The number of nitrogens with zero attached hydrogens (tertiary/aromatic N) is 2. The summed E-state index contributed by atoms with van der Waals surface area (Å²) in [4.78, 5) is 20.7. The number of nitrogens with two attached hydrogens (primary N) is 1. The Morgan fingerprint density at radius 3 is 2.16 bits per heavy atom. The van der Waals surface area contributed by atoms with Crippen molar-refractivity contribution in [2.75, 3.05) is 33.7 Å². The molecule has 0 saturated carbocycles. The molecule has 0 saturated heterocycles. The molecule has 8 heteroatoms. The molecule has 0 atom stereocenters. The van der Waals surface area contributed by atoms with Crippen molar-refractivity contribution < 1.29 is 23.7 Å². The summed E-state index contributed by atoms with van der Waals surface area (Å²) in [6.45, 7) is 3.63. The SMILES string of the molecule is CCOC(=O)c1c(C)nc(N)nc1-c1cc(OC)c(OC)c(OC)c1. The van der Waals surface area contributed by atoms with Crippen LogP contribution < -0.4 is 19.9 Å². The zero-order valence-electron chi connectivity index (χ0n) is 14.9. The Labute approximate surface area is 145 Å². The Kier molecular flexibility index (Phi) is 5.63. The van der Waals surface area contributed by atoms with E-state index in [4.69, 9.17) is 24.7 Å². The predicted molar refractivity (Wildman–Crippen MR) is 92.2 cm³/mol. The van der Waals surface area contributed by atoms with Gasteiger partial charge in [-0.15, -0.1) is 0 Å². The Morgan fingerprint density at radius 1 is 1.08 bits per heavy atom. The van der Waals surface area contributed by atoms with Gasteiger partial charge in [0, 0.05) is 5.56 Å². The van der Waals surface area contributed by atoms with Gasteiger partial charge in [0.15, 0.2) is 11.5 Å². The molecule has 0 radical (unpaired) electrons. The van der Waals surface area contributed by atoms with Crippen molar-refractivity contribution >= 4 is 11.9 Å². The molecule has 0 fully saturated rings. The number of hydrogen-bond acceptors (Lipinski definition) is 8. The molecule has 0 aliphatic rings. The van der Waals surface area contributed by atoms with Crippen molar-refractivity contribution in [2.24, 2.45) is 0 Å². The number of ether oxygens (including phenoxy) is 4. The number of methoxy groups -OCH3 is 3. The van der Waals surface area contributed by atoms with Crippen LogP contribution in [-0.2, 0) is 4.74 Å². The highest BCUT2D eigenvalue weighted by Gasteiger charge is 2.23. The molecule has 2 N–H and O–H groups in total. The quantitative estimate of drug-likeness (QED) is 0.793. The van der Waals surface area contributed by atoms with Crippen molar-refractivity contribution in [1.29, 1.82) is 0 Å². The fourth-order valence-corrected chi connectivity index (χ4v) is 2.47. The van der Waals surface area contributed by atoms with Crippen LogP contribution in [0.2, 0.25) is 0 Å². The highest BCUT2D eigenvalue weighted by atomic mass is 16.5. The highest BCUT2D eigenvalue weighted by Crippen LogP contribution is 2.41. The van der Waals surface area contributed by atoms with Crippen LogP contribution in [0.25, 0.3) is 11.3 Å². The van der Waals surface area contributed by atoms with Gasteiger partial charge in [-0.25, -0.2) is 14.8 Å². The molecule has 0 bridgehead atoms. The summed E-state index contributed by atoms with van der Waals surface area (Å²) >= 11 is 0. The van der Waals surface area contributed by atoms with Gasteiger partial charge >= 0.3 is 5.97 Å². The average molecular weight is 347 g/mol. The van der Waals surface area contributed by atoms with Crippen LogP contribution >= 0.6 is 0 Å². The van der Waals surface area contributed by atoms with Gasteiger partial charge in [0.2, 0.25) is 11.7 Å². The number of hydrogen-bond donors (Lipinski definition) is 1. The number of esters is 1. The fourth-order valence-electron chi connectivity index (χ4n) is 2.47. The molecule has 2 rings (SSSR count). The van der Waals surface area contributed by atoms with Gasteiger partial charge in [-0.1, -0.05) is 0 Å². The van der Waals surface area contributed by atoms with Gasteiger partial charge in [0.05, 0.1) is 39.3 Å². The van der Waals surface area contributed by atoms with E-state index in [0.29, 0.717) is 34.2 Å². The lowest BCUT2D eigenvalue weighted by Gasteiger charge is -2.16. The van der Waals surface area contributed by atoms with Crippen LogP contribution in [0.4, 0.5) is 5.95 Å². The van der Waals surface area contributed by atoms with Gasteiger partial charge in [-0.3, -0.25) is 0 Å². The first-order chi connectivity index (χ1) is 12.0. The number of carbonyl (C=O) groups is 1. The van der Waals surface area contributed by atoms with Crippen molar-refractivity contribution in [3.63, 3.8) is 0 Å². The van der Waals surface area contributed by atoms with E-state index in [0.717, 1.165) is 0 Å². The monoisotopic (exact) mass is 347 g/mol. The van der Waals surface area contributed by atoms with Crippen molar-refractivity contribution in [1.82, 2.24) is 9.97 Å². The van der Waals surface area contributed by atoms with Gasteiger partial charge in [0.1, 0.15) is 5.56 Å². The summed E-state index contributed by atoms with van der Waals surface area (Å²) in [5.74, 6) is 0.825. The molecule has 1 aromatic carbocycles. The van der Waals surface area contributed by atoms with E-state index in [1.807, 2.05) is 0 Å². The molecule has 0 spiro atoms. The third kappa shape index (κ3) is 3.57. The van der Waals surface area contributed by atoms with Crippen LogP contribution in [0.1, 0.15) is 23.0 Å². The molecular formula is C17H21N3O5. The Balaban J connectivity index is 2.75. The summed E-state index contributed by atoms with van der Waals surface area (Å²) in [5, 5.41) is 0. The van der Waals surface area contributed by atoms with Gasteiger partial charge in [-0.05, 0) is 26.0 Å². The average Bonchev–Trinajstić information content (AvgIpc) is 2.59. The van der Waals surface area contributed by atoms with E-state index in [9.17, 15) is 4.79 Å². The van der Waals surface area contributed by atoms with Crippen molar-refractivity contribution in [3.05, 3.63) is 23.4 Å². The first-order valence-corrected chi connectivity index (χ1v) is 7.58. The molecule has 8 nitrogen and oxygen atoms in total. The second kappa shape index (κ2) is 7.69. The van der Waals surface area contributed by atoms with Gasteiger partial charge < -0.3 is 24.7 Å².